The summed E-state index contributed by atoms with van der Waals surface area (Å²) in [5.74, 6) is 0.365. The van der Waals surface area contributed by atoms with Gasteiger partial charge in [0.25, 0.3) is 0 Å². The van der Waals surface area contributed by atoms with Gasteiger partial charge in [-0.15, -0.1) is 0 Å². The van der Waals surface area contributed by atoms with E-state index in [9.17, 15) is 10.1 Å². The standard InChI is InChI=1S/C14H20N4O4S/c1-5-15-14(23)17-16-8-10-6-11(18(19)20)13(22-9(2)3)12(7-10)21-4/h6-9H,5H2,1-4H3,(H2,15,17,23)/b16-8+. The number of hydrogen-bond acceptors (Lipinski definition) is 6. The second kappa shape index (κ2) is 8.89. The number of ether oxygens (including phenoxy) is 2. The van der Waals surface area contributed by atoms with Crippen molar-refractivity contribution in [3.05, 3.63) is 27.8 Å². The molecule has 9 heteroatoms. The van der Waals surface area contributed by atoms with Crippen molar-refractivity contribution >= 4 is 29.2 Å². The third-order valence-electron chi connectivity index (χ3n) is 2.54. The predicted octanol–water partition coefficient (Wildman–Crippen LogP) is 2.21. The van der Waals surface area contributed by atoms with Crippen molar-refractivity contribution < 1.29 is 14.4 Å². The van der Waals surface area contributed by atoms with Crippen LogP contribution in [-0.4, -0.2) is 36.0 Å². The maximum Gasteiger partial charge on any atom is 0.315 e. The first-order chi connectivity index (χ1) is 10.9. The van der Waals surface area contributed by atoms with Crippen LogP contribution in [0.4, 0.5) is 5.69 Å². The smallest absolute Gasteiger partial charge is 0.315 e. The molecule has 0 radical (unpaired) electrons. The van der Waals surface area contributed by atoms with Gasteiger partial charge in [0.2, 0.25) is 5.75 Å². The molecule has 2 N–H and O–H groups in total. The molecule has 1 aromatic rings. The van der Waals surface area contributed by atoms with E-state index in [0.29, 0.717) is 17.2 Å². The normalized spacial score (nSPS) is 10.7. The largest absolute Gasteiger partial charge is 0.493 e. The van der Waals surface area contributed by atoms with Crippen molar-refractivity contribution in [1.82, 2.24) is 10.7 Å². The van der Waals surface area contributed by atoms with Crippen molar-refractivity contribution in [2.24, 2.45) is 5.10 Å². The molecule has 0 aliphatic rings. The summed E-state index contributed by atoms with van der Waals surface area (Å²) in [6.07, 6.45) is 1.19. The first-order valence-electron chi connectivity index (χ1n) is 6.99. The molecular weight excluding hydrogens is 320 g/mol. The van der Waals surface area contributed by atoms with E-state index in [0.717, 1.165) is 0 Å². The maximum atomic E-state index is 11.3. The Kier molecular flexibility index (Phi) is 7.20. The van der Waals surface area contributed by atoms with Crippen molar-refractivity contribution in [2.75, 3.05) is 13.7 Å². The van der Waals surface area contributed by atoms with E-state index < -0.39 is 4.92 Å². The van der Waals surface area contributed by atoms with Gasteiger partial charge in [0.1, 0.15) is 0 Å². The summed E-state index contributed by atoms with van der Waals surface area (Å²) in [6, 6.07) is 2.97. The molecule has 0 amide bonds. The number of nitrogens with zero attached hydrogens (tertiary/aromatic N) is 2. The molecule has 1 rings (SSSR count). The van der Waals surface area contributed by atoms with Gasteiger partial charge in [-0.3, -0.25) is 15.5 Å². The second-order valence-electron chi connectivity index (χ2n) is 4.72. The lowest BCUT2D eigenvalue weighted by Crippen LogP contribution is -2.31. The summed E-state index contributed by atoms with van der Waals surface area (Å²) in [4.78, 5) is 10.8. The molecular formula is C14H20N4O4S. The number of nitro benzene ring substituents is 1. The molecule has 1 aromatic carbocycles. The maximum absolute atomic E-state index is 11.3. The molecule has 0 aromatic heterocycles. The molecule has 0 bridgehead atoms. The molecule has 0 saturated carbocycles. The summed E-state index contributed by atoms with van der Waals surface area (Å²) in [5, 5.41) is 18.4. The third-order valence-corrected chi connectivity index (χ3v) is 2.78. The van der Waals surface area contributed by atoms with Crippen LogP contribution >= 0.6 is 12.2 Å². The predicted molar refractivity (Wildman–Crippen MR) is 92.4 cm³/mol. The van der Waals surface area contributed by atoms with Crippen molar-refractivity contribution in [3.63, 3.8) is 0 Å². The fraction of sp³-hybridized carbons (Fsp3) is 0.429. The van der Waals surface area contributed by atoms with Crippen LogP contribution in [0.1, 0.15) is 26.3 Å². The molecule has 0 unspecified atom stereocenters. The summed E-state index contributed by atoms with van der Waals surface area (Å²) in [5.41, 5.74) is 2.91. The van der Waals surface area contributed by atoms with Crippen LogP contribution in [0.2, 0.25) is 0 Å². The highest BCUT2D eigenvalue weighted by molar-refractivity contribution is 7.80. The summed E-state index contributed by atoms with van der Waals surface area (Å²) < 4.78 is 10.7. The first-order valence-corrected chi connectivity index (χ1v) is 7.39. The van der Waals surface area contributed by atoms with Crippen LogP contribution < -0.4 is 20.2 Å². The molecule has 0 aliphatic heterocycles. The number of hydrogen-bond donors (Lipinski definition) is 2. The molecule has 0 spiro atoms. The zero-order chi connectivity index (χ0) is 17.4. The van der Waals surface area contributed by atoms with Gasteiger partial charge in [-0.25, -0.2) is 0 Å². The Labute approximate surface area is 140 Å². The van der Waals surface area contributed by atoms with Crippen LogP contribution in [0, 0.1) is 10.1 Å². The molecule has 0 atom stereocenters. The summed E-state index contributed by atoms with van der Waals surface area (Å²) >= 11 is 4.96. The summed E-state index contributed by atoms with van der Waals surface area (Å²) in [6.45, 7) is 6.13. The molecule has 126 valence electrons. The monoisotopic (exact) mass is 340 g/mol. The Hall–Kier alpha value is -2.42. The van der Waals surface area contributed by atoms with Crippen LogP contribution in [0.15, 0.2) is 17.2 Å². The average Bonchev–Trinajstić information content (AvgIpc) is 2.47. The topological polar surface area (TPSA) is 98.0 Å². The van der Waals surface area contributed by atoms with E-state index in [1.807, 2.05) is 6.92 Å². The number of thiocarbonyl (C=S) groups is 1. The van der Waals surface area contributed by atoms with Gasteiger partial charge in [-0.1, -0.05) is 0 Å². The van der Waals surface area contributed by atoms with E-state index in [4.69, 9.17) is 21.7 Å². The van der Waals surface area contributed by atoms with E-state index in [2.05, 4.69) is 15.8 Å². The van der Waals surface area contributed by atoms with Gasteiger partial charge in [-0.05, 0) is 39.1 Å². The van der Waals surface area contributed by atoms with Crippen molar-refractivity contribution in [2.45, 2.75) is 26.9 Å². The Morgan fingerprint density at radius 1 is 1.52 bits per heavy atom. The van der Waals surface area contributed by atoms with Gasteiger partial charge in [-0.2, -0.15) is 5.10 Å². The first kappa shape index (κ1) is 18.6. The minimum atomic E-state index is -0.520. The molecule has 0 heterocycles. The van der Waals surface area contributed by atoms with Gasteiger partial charge in [0.05, 0.1) is 24.4 Å². The Morgan fingerprint density at radius 3 is 2.74 bits per heavy atom. The quantitative estimate of drug-likeness (QED) is 0.340. The molecule has 0 saturated heterocycles. The van der Waals surface area contributed by atoms with Crippen LogP contribution in [0.3, 0.4) is 0 Å². The molecule has 0 aliphatic carbocycles. The zero-order valence-electron chi connectivity index (χ0n) is 13.5. The Bertz CT molecular complexity index is 605. The SMILES string of the molecule is CCNC(=S)N/N=C/c1cc(OC)c(OC(C)C)c([N+](=O)[O-])c1. The van der Waals surface area contributed by atoms with Crippen molar-refractivity contribution in [3.8, 4) is 11.5 Å². The van der Waals surface area contributed by atoms with Gasteiger partial charge < -0.3 is 14.8 Å². The summed E-state index contributed by atoms with van der Waals surface area (Å²) in [7, 11) is 1.42. The van der Waals surface area contributed by atoms with Crippen LogP contribution in [0.25, 0.3) is 0 Å². The number of rotatable bonds is 7. The molecule has 8 nitrogen and oxygen atoms in total. The van der Waals surface area contributed by atoms with Gasteiger partial charge in [0, 0.05) is 18.2 Å². The van der Waals surface area contributed by atoms with E-state index in [1.54, 1.807) is 19.9 Å². The van der Waals surface area contributed by atoms with Crippen molar-refractivity contribution in [1.29, 1.82) is 0 Å². The molecule has 0 fully saturated rings. The number of nitrogens with one attached hydrogen (secondary N) is 2. The number of methoxy groups -OCH3 is 1. The second-order valence-corrected chi connectivity index (χ2v) is 5.13. The minimum Gasteiger partial charge on any atom is -0.493 e. The highest BCUT2D eigenvalue weighted by atomic mass is 32.1. The molecule has 23 heavy (non-hydrogen) atoms. The van der Waals surface area contributed by atoms with E-state index in [-0.39, 0.29) is 23.3 Å². The number of benzene rings is 1. The Balaban J connectivity index is 3.11. The number of hydrazone groups is 1. The third kappa shape index (κ3) is 5.70. The fourth-order valence-electron chi connectivity index (χ4n) is 1.69. The zero-order valence-corrected chi connectivity index (χ0v) is 14.3. The fourth-order valence-corrected chi connectivity index (χ4v) is 1.89. The van der Waals surface area contributed by atoms with Gasteiger partial charge >= 0.3 is 5.69 Å². The van der Waals surface area contributed by atoms with Gasteiger partial charge in [0.15, 0.2) is 10.9 Å². The van der Waals surface area contributed by atoms with Crippen LogP contribution in [0.5, 0.6) is 11.5 Å². The van der Waals surface area contributed by atoms with E-state index >= 15 is 0 Å². The lowest BCUT2D eigenvalue weighted by atomic mass is 10.2. The lowest BCUT2D eigenvalue weighted by Gasteiger charge is -2.14. The lowest BCUT2D eigenvalue weighted by molar-refractivity contribution is -0.386. The minimum absolute atomic E-state index is 0.0979. The van der Waals surface area contributed by atoms with E-state index in [1.165, 1.54) is 19.4 Å². The average molecular weight is 340 g/mol. The number of nitro groups is 1. The van der Waals surface area contributed by atoms with Crippen LogP contribution in [-0.2, 0) is 0 Å². The Morgan fingerprint density at radius 2 is 2.22 bits per heavy atom. The highest BCUT2D eigenvalue weighted by Crippen LogP contribution is 2.38. The highest BCUT2D eigenvalue weighted by Gasteiger charge is 2.22.